The van der Waals surface area contributed by atoms with Crippen LogP contribution < -0.4 is 0 Å². The van der Waals surface area contributed by atoms with Crippen molar-refractivity contribution in [2.45, 2.75) is 194 Å². The molecule has 61 heavy (non-hydrogen) atoms. The third kappa shape index (κ3) is 12.0. The second-order valence-electron chi connectivity index (χ2n) is 20.5. The van der Waals surface area contributed by atoms with E-state index in [0.29, 0.717) is 12.0 Å². The standard InChI is InChI=1S/C46H70O15/c1-27(31(54-29(3)47)28(2)26-30-22-20-19-21-23-30)24-25-44-32(56-43(16,17)53-18)33(55-36(49)39(4,5)6)46(61-44,38(51)60-42(13,14)15)45(52,37(50)59-41(10,11)12)34(57-44)35(48)58-40(7,8)9/h19-23,28,31-34,52H,1,24-26H2,2-18H3/t28?,31?,32-,33-,34-,44-,45-,46-/m1/s1. The molecule has 15 nitrogen and oxygen atoms in total. The molecule has 2 aliphatic rings. The van der Waals surface area contributed by atoms with Crippen LogP contribution >= 0.6 is 0 Å². The number of carbonyl (C=O) groups is 5. The summed E-state index contributed by atoms with van der Waals surface area (Å²) in [6.07, 6.45) is -7.11. The summed E-state index contributed by atoms with van der Waals surface area (Å²) < 4.78 is 55.3. The lowest BCUT2D eigenvalue weighted by Crippen LogP contribution is -2.79. The van der Waals surface area contributed by atoms with E-state index < -0.39 is 99.3 Å². The summed E-state index contributed by atoms with van der Waals surface area (Å²) in [6, 6.07) is 9.58. The van der Waals surface area contributed by atoms with E-state index in [2.05, 4.69) is 6.58 Å². The number of rotatable bonds is 15. The van der Waals surface area contributed by atoms with Crippen LogP contribution in [0.2, 0.25) is 0 Å². The summed E-state index contributed by atoms with van der Waals surface area (Å²) in [5.74, 6) is -9.98. The molecule has 3 rings (SSSR count). The van der Waals surface area contributed by atoms with E-state index in [-0.39, 0.29) is 18.8 Å². The van der Waals surface area contributed by atoms with Crippen LogP contribution in [0.25, 0.3) is 0 Å². The number of methoxy groups -OCH3 is 1. The van der Waals surface area contributed by atoms with E-state index in [1.54, 1.807) is 41.5 Å². The number of carbonyl (C=O) groups excluding carboxylic acids is 5. The van der Waals surface area contributed by atoms with Gasteiger partial charge in [-0.3, -0.25) is 9.59 Å². The summed E-state index contributed by atoms with van der Waals surface area (Å²) in [5.41, 5.74) is -10.4. The molecule has 2 aliphatic heterocycles. The molecule has 344 valence electrons. The van der Waals surface area contributed by atoms with E-state index in [0.717, 1.165) is 5.56 Å². The van der Waals surface area contributed by atoms with Gasteiger partial charge in [-0.1, -0.05) is 43.8 Å². The van der Waals surface area contributed by atoms with Gasteiger partial charge in [-0.05, 0) is 121 Å². The van der Waals surface area contributed by atoms with Gasteiger partial charge in [-0.25, -0.2) is 14.4 Å². The van der Waals surface area contributed by atoms with E-state index in [1.807, 2.05) is 37.3 Å². The fraction of sp³-hybridized carbons (Fsp3) is 0.717. The van der Waals surface area contributed by atoms with Crippen LogP contribution in [0.5, 0.6) is 0 Å². The Morgan fingerprint density at radius 3 is 1.80 bits per heavy atom. The van der Waals surface area contributed by atoms with Crippen molar-refractivity contribution in [1.29, 1.82) is 0 Å². The normalized spacial score (nSPS) is 26.7. The zero-order chi connectivity index (χ0) is 46.9. The summed E-state index contributed by atoms with van der Waals surface area (Å²) in [7, 11) is 1.34. The third-order valence-corrected chi connectivity index (χ3v) is 9.89. The smallest absolute Gasteiger partial charge is 0.347 e. The average molecular weight is 863 g/mol. The molecule has 2 saturated heterocycles. The molecule has 0 saturated carbocycles. The lowest BCUT2D eigenvalue weighted by Gasteiger charge is -2.51. The fourth-order valence-electron chi connectivity index (χ4n) is 7.10. The van der Waals surface area contributed by atoms with Crippen LogP contribution in [-0.2, 0) is 73.0 Å². The van der Waals surface area contributed by atoms with Crippen molar-refractivity contribution in [2.24, 2.45) is 11.3 Å². The molecule has 1 N–H and O–H groups in total. The zero-order valence-corrected chi connectivity index (χ0v) is 39.3. The Morgan fingerprint density at radius 2 is 1.33 bits per heavy atom. The van der Waals surface area contributed by atoms with Crippen LogP contribution in [0.1, 0.15) is 129 Å². The van der Waals surface area contributed by atoms with Crippen molar-refractivity contribution < 1.29 is 71.7 Å². The number of fused-ring (bicyclic) bond motifs is 2. The van der Waals surface area contributed by atoms with Crippen molar-refractivity contribution in [3.63, 3.8) is 0 Å². The molecule has 1 aromatic carbocycles. The van der Waals surface area contributed by atoms with E-state index in [9.17, 15) is 24.3 Å². The molecular weight excluding hydrogens is 792 g/mol. The number of hydrogen-bond acceptors (Lipinski definition) is 15. The molecule has 2 unspecified atom stereocenters. The first kappa shape index (κ1) is 51.5. The minimum atomic E-state index is -3.49. The van der Waals surface area contributed by atoms with Gasteiger partial charge in [-0.15, -0.1) is 0 Å². The Balaban J connectivity index is 2.49. The van der Waals surface area contributed by atoms with Gasteiger partial charge in [0, 0.05) is 26.4 Å². The van der Waals surface area contributed by atoms with Crippen molar-refractivity contribution in [3.05, 3.63) is 48.0 Å². The molecule has 0 spiro atoms. The van der Waals surface area contributed by atoms with Crippen LogP contribution in [0, 0.1) is 11.3 Å². The van der Waals surface area contributed by atoms with Crippen LogP contribution in [0.4, 0.5) is 0 Å². The molecule has 0 aromatic heterocycles. The predicted molar refractivity (Wildman–Crippen MR) is 222 cm³/mol. The lowest BCUT2D eigenvalue weighted by molar-refractivity contribution is -0.387. The second-order valence-corrected chi connectivity index (χ2v) is 20.5. The molecule has 0 radical (unpaired) electrons. The quantitative estimate of drug-likeness (QED) is 0.0873. The highest BCUT2D eigenvalue weighted by atomic mass is 16.8. The molecule has 1 aromatic rings. The van der Waals surface area contributed by atoms with Gasteiger partial charge in [-0.2, -0.15) is 0 Å². The van der Waals surface area contributed by atoms with Gasteiger partial charge >= 0.3 is 29.8 Å². The maximum absolute atomic E-state index is 15.3. The Kier molecular flexibility index (Phi) is 15.2. The van der Waals surface area contributed by atoms with Crippen LogP contribution in [0.15, 0.2) is 42.5 Å². The van der Waals surface area contributed by atoms with Crippen LogP contribution in [0.3, 0.4) is 0 Å². The average Bonchev–Trinajstić information content (AvgIpc) is 3.31. The first-order chi connectivity index (χ1) is 27.5. The van der Waals surface area contributed by atoms with Gasteiger partial charge in [0.2, 0.25) is 17.5 Å². The summed E-state index contributed by atoms with van der Waals surface area (Å²) in [5, 5.41) is 13.3. The molecule has 2 bridgehead atoms. The highest BCUT2D eigenvalue weighted by Gasteiger charge is 2.87. The van der Waals surface area contributed by atoms with Crippen molar-refractivity contribution in [1.82, 2.24) is 0 Å². The first-order valence-corrected chi connectivity index (χ1v) is 20.7. The number of benzene rings is 1. The Labute approximate surface area is 361 Å². The predicted octanol–water partition coefficient (Wildman–Crippen LogP) is 6.48. The SMILES string of the molecule is C=C(CC[C@@]12O[C@H](C(=O)OC(C)(C)C)[C@@](O)(C(=O)OC(C)(C)C)[C@@](C(=O)OC(C)(C)C)(O1)[C@H](OC(=O)C(C)(C)C)[C@H]2OC(C)(C)OC)C(OC(C)=O)C(C)Cc1ccccc1. The molecular formula is C46H70O15. The number of hydrogen-bond donors (Lipinski definition) is 1. The molecule has 2 fully saturated rings. The van der Waals surface area contributed by atoms with Crippen LogP contribution in [-0.4, -0.2) is 106 Å². The molecule has 0 aliphatic carbocycles. The van der Waals surface area contributed by atoms with Crippen molar-refractivity contribution in [2.75, 3.05) is 7.11 Å². The summed E-state index contributed by atoms with van der Waals surface area (Å²) in [6.45, 7) is 29.0. The van der Waals surface area contributed by atoms with E-state index >= 15 is 4.79 Å². The monoisotopic (exact) mass is 862 g/mol. The maximum atomic E-state index is 15.3. The van der Waals surface area contributed by atoms with E-state index in [1.165, 1.54) is 69.4 Å². The van der Waals surface area contributed by atoms with Crippen molar-refractivity contribution in [3.8, 4) is 0 Å². The lowest BCUT2D eigenvalue weighted by atomic mass is 9.73. The first-order valence-electron chi connectivity index (χ1n) is 20.7. The second kappa shape index (κ2) is 18.1. The highest BCUT2D eigenvalue weighted by molar-refractivity contribution is 6.00. The number of esters is 5. The minimum absolute atomic E-state index is 0.0966. The Bertz CT molecular complexity index is 1780. The van der Waals surface area contributed by atoms with Gasteiger partial charge in [0.15, 0.2) is 18.0 Å². The Hall–Kier alpha value is -3.89. The number of aliphatic hydroxyl groups is 1. The fourth-order valence-corrected chi connectivity index (χ4v) is 7.10. The minimum Gasteiger partial charge on any atom is -0.458 e. The topological polar surface area (TPSA) is 189 Å². The molecule has 15 heteroatoms. The summed E-state index contributed by atoms with van der Waals surface area (Å²) >= 11 is 0. The molecule has 2 heterocycles. The Morgan fingerprint density at radius 1 is 0.803 bits per heavy atom. The van der Waals surface area contributed by atoms with Crippen molar-refractivity contribution >= 4 is 29.8 Å². The third-order valence-electron chi connectivity index (χ3n) is 9.89. The van der Waals surface area contributed by atoms with Gasteiger partial charge in [0.05, 0.1) is 5.41 Å². The van der Waals surface area contributed by atoms with Gasteiger partial charge < -0.3 is 47.7 Å². The van der Waals surface area contributed by atoms with Gasteiger partial charge in [0.25, 0.3) is 5.60 Å². The molecule has 8 atom stereocenters. The van der Waals surface area contributed by atoms with E-state index in [4.69, 9.17) is 42.6 Å². The largest absolute Gasteiger partial charge is 0.458 e. The zero-order valence-electron chi connectivity index (χ0n) is 39.3. The van der Waals surface area contributed by atoms with Gasteiger partial charge in [0.1, 0.15) is 22.9 Å². The summed E-state index contributed by atoms with van der Waals surface area (Å²) in [4.78, 5) is 71.4. The maximum Gasteiger partial charge on any atom is 0.347 e. The number of ether oxygens (including phenoxy) is 9. The highest BCUT2D eigenvalue weighted by Crippen LogP contribution is 2.59. The molecule has 0 amide bonds.